The van der Waals surface area contributed by atoms with Crippen molar-refractivity contribution in [2.75, 3.05) is 11.5 Å². The highest BCUT2D eigenvalue weighted by Crippen LogP contribution is 2.30. The second-order valence-electron chi connectivity index (χ2n) is 3.54. The second kappa shape index (κ2) is 4.32. The van der Waals surface area contributed by atoms with Crippen LogP contribution < -0.4 is 11.5 Å². The lowest BCUT2D eigenvalue weighted by Crippen LogP contribution is -2.05. The molecule has 0 saturated carbocycles. The Hall–Kier alpha value is -2.64. The zero-order valence-corrected chi connectivity index (χ0v) is 9.58. The van der Waals surface area contributed by atoms with Crippen molar-refractivity contribution >= 4 is 17.7 Å². The fourth-order valence-corrected chi connectivity index (χ4v) is 1.62. The van der Waals surface area contributed by atoms with Crippen LogP contribution >= 0.6 is 0 Å². The fourth-order valence-electron chi connectivity index (χ4n) is 1.62. The first-order chi connectivity index (χ1) is 8.52. The normalized spacial score (nSPS) is 10.5. The molecule has 8 heteroatoms. The molecule has 2 heterocycles. The number of nitro groups is 1. The minimum Gasteiger partial charge on any atom is -0.399 e. The SMILES string of the molecule is CCc1c(N)nc(N)nc1-c1ccc([N+](=O)[O-])o1. The van der Waals surface area contributed by atoms with Crippen LogP contribution in [0.4, 0.5) is 17.7 Å². The molecule has 0 aliphatic carbocycles. The number of hydrogen-bond acceptors (Lipinski definition) is 7. The van der Waals surface area contributed by atoms with Crippen molar-refractivity contribution in [1.82, 2.24) is 9.97 Å². The maximum absolute atomic E-state index is 10.6. The van der Waals surface area contributed by atoms with Crippen molar-refractivity contribution in [3.05, 3.63) is 27.8 Å². The van der Waals surface area contributed by atoms with Gasteiger partial charge < -0.3 is 15.9 Å². The molecule has 0 saturated heterocycles. The number of anilines is 2. The molecular formula is C10H11N5O3. The van der Waals surface area contributed by atoms with E-state index >= 15 is 0 Å². The predicted octanol–water partition coefficient (Wildman–Crippen LogP) is 1.37. The Morgan fingerprint density at radius 3 is 2.67 bits per heavy atom. The Morgan fingerprint density at radius 2 is 2.11 bits per heavy atom. The lowest BCUT2D eigenvalue weighted by molar-refractivity contribution is -0.401. The number of aromatic nitrogens is 2. The Labute approximate surface area is 102 Å². The first kappa shape index (κ1) is 11.8. The maximum Gasteiger partial charge on any atom is 0.433 e. The highest BCUT2D eigenvalue weighted by Gasteiger charge is 2.18. The largest absolute Gasteiger partial charge is 0.433 e. The summed E-state index contributed by atoms with van der Waals surface area (Å²) in [5.41, 5.74) is 12.3. The average Bonchev–Trinajstić information content (AvgIpc) is 2.77. The first-order valence-electron chi connectivity index (χ1n) is 5.19. The molecule has 18 heavy (non-hydrogen) atoms. The van der Waals surface area contributed by atoms with Crippen LogP contribution in [0.15, 0.2) is 16.5 Å². The van der Waals surface area contributed by atoms with Crippen molar-refractivity contribution in [2.45, 2.75) is 13.3 Å². The molecule has 0 aliphatic heterocycles. The molecule has 94 valence electrons. The minimum absolute atomic E-state index is 0.00115. The second-order valence-corrected chi connectivity index (χ2v) is 3.54. The number of nitrogens with zero attached hydrogens (tertiary/aromatic N) is 3. The lowest BCUT2D eigenvalue weighted by atomic mass is 10.1. The van der Waals surface area contributed by atoms with E-state index in [-0.39, 0.29) is 23.4 Å². The first-order valence-corrected chi connectivity index (χ1v) is 5.19. The monoisotopic (exact) mass is 249 g/mol. The van der Waals surface area contributed by atoms with Gasteiger partial charge in [-0.15, -0.1) is 0 Å². The van der Waals surface area contributed by atoms with E-state index in [0.29, 0.717) is 17.7 Å². The molecule has 4 N–H and O–H groups in total. The third-order valence-electron chi connectivity index (χ3n) is 2.42. The highest BCUT2D eigenvalue weighted by molar-refractivity contribution is 5.65. The van der Waals surface area contributed by atoms with Crippen LogP contribution in [0.1, 0.15) is 12.5 Å². The molecule has 0 aromatic carbocycles. The summed E-state index contributed by atoms with van der Waals surface area (Å²) in [6.45, 7) is 1.87. The number of nitrogens with two attached hydrogens (primary N) is 2. The number of nitrogen functional groups attached to an aromatic ring is 2. The summed E-state index contributed by atoms with van der Waals surface area (Å²) in [6, 6.07) is 2.71. The van der Waals surface area contributed by atoms with E-state index in [1.165, 1.54) is 12.1 Å². The number of furan rings is 1. The summed E-state index contributed by atoms with van der Waals surface area (Å²) < 4.78 is 5.08. The molecule has 2 aromatic heterocycles. The van der Waals surface area contributed by atoms with Crippen LogP contribution in [0, 0.1) is 10.1 Å². The van der Waals surface area contributed by atoms with Gasteiger partial charge in [-0.1, -0.05) is 6.92 Å². The fraction of sp³-hybridized carbons (Fsp3) is 0.200. The topological polar surface area (TPSA) is 134 Å². The molecule has 0 bridgehead atoms. The minimum atomic E-state index is -0.622. The van der Waals surface area contributed by atoms with Gasteiger partial charge in [0, 0.05) is 5.56 Å². The molecule has 0 unspecified atom stereocenters. The van der Waals surface area contributed by atoms with Crippen LogP contribution in [0.25, 0.3) is 11.5 Å². The molecule has 0 atom stereocenters. The Balaban J connectivity index is 2.58. The Bertz CT molecular complexity index is 608. The summed E-state index contributed by atoms with van der Waals surface area (Å²) in [6.07, 6.45) is 0.565. The third kappa shape index (κ3) is 1.95. The van der Waals surface area contributed by atoms with Gasteiger partial charge in [0.2, 0.25) is 5.95 Å². The third-order valence-corrected chi connectivity index (χ3v) is 2.42. The number of rotatable bonds is 3. The van der Waals surface area contributed by atoms with Gasteiger partial charge >= 0.3 is 5.88 Å². The average molecular weight is 249 g/mol. The number of hydrogen-bond donors (Lipinski definition) is 2. The van der Waals surface area contributed by atoms with Crippen LogP contribution in [0.3, 0.4) is 0 Å². The molecule has 0 amide bonds. The van der Waals surface area contributed by atoms with Gasteiger partial charge in [-0.05, 0) is 12.5 Å². The van der Waals surface area contributed by atoms with Crippen molar-refractivity contribution in [2.24, 2.45) is 0 Å². The Morgan fingerprint density at radius 1 is 1.39 bits per heavy atom. The van der Waals surface area contributed by atoms with Crippen molar-refractivity contribution in [1.29, 1.82) is 0 Å². The molecule has 0 spiro atoms. The van der Waals surface area contributed by atoms with Gasteiger partial charge in [0.1, 0.15) is 16.4 Å². The van der Waals surface area contributed by atoms with Gasteiger partial charge in [0.05, 0.1) is 6.07 Å². The van der Waals surface area contributed by atoms with Gasteiger partial charge in [0.25, 0.3) is 0 Å². The summed E-state index contributed by atoms with van der Waals surface area (Å²) in [5.74, 6) is 0.139. The quantitative estimate of drug-likeness (QED) is 0.619. The van der Waals surface area contributed by atoms with E-state index in [9.17, 15) is 10.1 Å². The zero-order chi connectivity index (χ0) is 13.3. The van der Waals surface area contributed by atoms with Gasteiger partial charge in [-0.2, -0.15) is 4.98 Å². The zero-order valence-electron chi connectivity index (χ0n) is 9.58. The molecule has 2 aromatic rings. The van der Waals surface area contributed by atoms with Crippen molar-refractivity contribution in [3.8, 4) is 11.5 Å². The van der Waals surface area contributed by atoms with E-state index in [2.05, 4.69) is 9.97 Å². The Kier molecular flexibility index (Phi) is 2.84. The van der Waals surface area contributed by atoms with E-state index < -0.39 is 4.92 Å². The predicted molar refractivity (Wildman–Crippen MR) is 64.6 cm³/mol. The van der Waals surface area contributed by atoms with E-state index in [1.54, 1.807) is 0 Å². The summed E-state index contributed by atoms with van der Waals surface area (Å²) in [7, 11) is 0. The van der Waals surface area contributed by atoms with Crippen LogP contribution in [-0.2, 0) is 6.42 Å². The smallest absolute Gasteiger partial charge is 0.399 e. The molecule has 2 rings (SSSR count). The highest BCUT2D eigenvalue weighted by atomic mass is 16.6. The van der Waals surface area contributed by atoms with Gasteiger partial charge in [0.15, 0.2) is 5.76 Å². The van der Waals surface area contributed by atoms with Crippen molar-refractivity contribution < 1.29 is 9.34 Å². The molecule has 8 nitrogen and oxygen atoms in total. The molecule has 0 fully saturated rings. The van der Waals surface area contributed by atoms with Crippen LogP contribution in [0.5, 0.6) is 0 Å². The molecule has 0 aliphatic rings. The standard InChI is InChI=1S/C10H11N5O3/c1-2-5-8(13-10(12)14-9(5)11)6-3-4-7(18-6)15(16)17/h3-4H,2H2,1H3,(H4,11,12,13,14). The summed E-state index contributed by atoms with van der Waals surface area (Å²) >= 11 is 0. The van der Waals surface area contributed by atoms with Crippen LogP contribution in [0.2, 0.25) is 0 Å². The van der Waals surface area contributed by atoms with Crippen LogP contribution in [-0.4, -0.2) is 14.9 Å². The van der Waals surface area contributed by atoms with Gasteiger partial charge in [-0.3, -0.25) is 10.1 Å². The lowest BCUT2D eigenvalue weighted by Gasteiger charge is -2.07. The van der Waals surface area contributed by atoms with E-state index in [0.717, 1.165) is 0 Å². The van der Waals surface area contributed by atoms with Gasteiger partial charge in [-0.25, -0.2) is 4.98 Å². The van der Waals surface area contributed by atoms with E-state index in [4.69, 9.17) is 15.9 Å². The summed E-state index contributed by atoms with van der Waals surface area (Å²) in [4.78, 5) is 17.8. The maximum atomic E-state index is 10.6. The molecular weight excluding hydrogens is 238 g/mol. The summed E-state index contributed by atoms with van der Waals surface area (Å²) in [5, 5.41) is 10.6. The van der Waals surface area contributed by atoms with E-state index in [1.807, 2.05) is 6.92 Å². The van der Waals surface area contributed by atoms with Crippen molar-refractivity contribution in [3.63, 3.8) is 0 Å². The molecule has 0 radical (unpaired) electrons.